The number of benzene rings is 2. The Hall–Kier alpha value is -2.71. The molecule has 6 nitrogen and oxygen atoms in total. The predicted octanol–water partition coefficient (Wildman–Crippen LogP) is 3.52. The van der Waals surface area contributed by atoms with E-state index < -0.39 is 17.9 Å². The van der Waals surface area contributed by atoms with Crippen molar-refractivity contribution < 1.29 is 14.3 Å². The van der Waals surface area contributed by atoms with Gasteiger partial charge in [0.05, 0.1) is 24.4 Å². The first kappa shape index (κ1) is 20.0. The Labute approximate surface area is 176 Å². The number of esters is 1. The molecule has 0 bridgehead atoms. The Bertz CT molecular complexity index is 963. The van der Waals surface area contributed by atoms with Crippen molar-refractivity contribution >= 4 is 50.8 Å². The van der Waals surface area contributed by atoms with E-state index in [1.54, 1.807) is 24.3 Å². The third-order valence-corrected chi connectivity index (χ3v) is 5.06. The first-order chi connectivity index (χ1) is 13.4. The van der Waals surface area contributed by atoms with Gasteiger partial charge in [0.2, 0.25) is 5.91 Å². The van der Waals surface area contributed by atoms with E-state index in [0.717, 1.165) is 10.0 Å². The largest absolute Gasteiger partial charge is 0.465 e. The molecule has 2 aromatic rings. The third-order valence-electron chi connectivity index (χ3n) is 4.35. The van der Waals surface area contributed by atoms with Crippen LogP contribution in [0.5, 0.6) is 0 Å². The van der Waals surface area contributed by atoms with Crippen molar-refractivity contribution in [1.29, 1.82) is 0 Å². The molecule has 1 aliphatic rings. The standard InChI is InChI=1S/C20H18BrN3O3S/c1-11-16(17(24-20(28)22-11)12-6-5-7-13(21)10-12)18(25)23-15-9-4-3-8-14(15)19(26)27-2/h3-10,16-17H,1H2,2H3,(H,23,25)(H2,22,24,28)/t16-,17+/m0/s1. The number of hydrogen-bond donors (Lipinski definition) is 3. The number of carbonyl (C=O) groups excluding carboxylic acids is 2. The molecule has 0 spiro atoms. The summed E-state index contributed by atoms with van der Waals surface area (Å²) in [5, 5.41) is 9.28. The minimum Gasteiger partial charge on any atom is -0.465 e. The fraction of sp³-hybridized carbons (Fsp3) is 0.150. The van der Waals surface area contributed by atoms with Crippen LogP contribution >= 0.6 is 28.1 Å². The van der Waals surface area contributed by atoms with Crippen LogP contribution in [0.15, 0.2) is 65.3 Å². The zero-order chi connectivity index (χ0) is 20.3. The number of thiocarbonyl (C=S) groups is 1. The highest BCUT2D eigenvalue weighted by Gasteiger charge is 2.37. The van der Waals surface area contributed by atoms with Crippen molar-refractivity contribution in [2.24, 2.45) is 5.92 Å². The molecule has 8 heteroatoms. The van der Waals surface area contributed by atoms with E-state index in [0.29, 0.717) is 16.5 Å². The van der Waals surface area contributed by atoms with E-state index >= 15 is 0 Å². The van der Waals surface area contributed by atoms with Crippen LogP contribution in [0.2, 0.25) is 0 Å². The molecule has 3 rings (SSSR count). The Balaban J connectivity index is 1.93. The van der Waals surface area contributed by atoms with Gasteiger partial charge in [-0.25, -0.2) is 4.79 Å². The maximum absolute atomic E-state index is 13.2. The Morgan fingerprint density at radius 1 is 1.21 bits per heavy atom. The van der Waals surface area contributed by atoms with Gasteiger partial charge in [-0.15, -0.1) is 0 Å². The second-order valence-corrected chi connectivity index (χ2v) is 7.48. The van der Waals surface area contributed by atoms with E-state index in [1.165, 1.54) is 7.11 Å². The summed E-state index contributed by atoms with van der Waals surface area (Å²) < 4.78 is 5.67. The van der Waals surface area contributed by atoms with Crippen LogP contribution in [-0.4, -0.2) is 24.1 Å². The molecule has 2 aromatic carbocycles. The lowest BCUT2D eigenvalue weighted by Gasteiger charge is -2.35. The summed E-state index contributed by atoms with van der Waals surface area (Å²) in [5.41, 5.74) is 1.99. The molecule has 0 unspecified atom stereocenters. The van der Waals surface area contributed by atoms with Crippen LogP contribution in [0, 0.1) is 5.92 Å². The van der Waals surface area contributed by atoms with Gasteiger partial charge >= 0.3 is 5.97 Å². The van der Waals surface area contributed by atoms with E-state index in [2.05, 4.69) is 38.5 Å². The quantitative estimate of drug-likeness (QED) is 0.479. The molecule has 0 saturated carbocycles. The molecule has 1 amide bonds. The number of para-hydroxylation sites is 1. The number of ether oxygens (including phenoxy) is 1. The average Bonchev–Trinajstić information content (AvgIpc) is 2.67. The van der Waals surface area contributed by atoms with Crippen LogP contribution < -0.4 is 16.0 Å². The molecule has 2 atom stereocenters. The number of nitrogens with one attached hydrogen (secondary N) is 3. The van der Waals surface area contributed by atoms with Gasteiger partial charge in [-0.1, -0.05) is 46.8 Å². The fourth-order valence-electron chi connectivity index (χ4n) is 3.06. The van der Waals surface area contributed by atoms with Gasteiger partial charge in [0.1, 0.15) is 5.92 Å². The van der Waals surface area contributed by atoms with E-state index in [4.69, 9.17) is 17.0 Å². The molecule has 0 aromatic heterocycles. The molecule has 28 heavy (non-hydrogen) atoms. The highest BCUT2D eigenvalue weighted by molar-refractivity contribution is 9.10. The highest BCUT2D eigenvalue weighted by atomic mass is 79.9. The van der Waals surface area contributed by atoms with Gasteiger partial charge in [0.25, 0.3) is 0 Å². The van der Waals surface area contributed by atoms with Crippen molar-refractivity contribution in [2.45, 2.75) is 6.04 Å². The smallest absolute Gasteiger partial charge is 0.339 e. The molecule has 144 valence electrons. The Morgan fingerprint density at radius 2 is 1.96 bits per heavy atom. The van der Waals surface area contributed by atoms with Gasteiger partial charge in [-0.3, -0.25) is 4.79 Å². The van der Waals surface area contributed by atoms with Gasteiger partial charge < -0.3 is 20.7 Å². The fourth-order valence-corrected chi connectivity index (χ4v) is 3.74. The molecule has 0 aliphatic carbocycles. The summed E-state index contributed by atoms with van der Waals surface area (Å²) >= 11 is 8.70. The minimum absolute atomic E-state index is 0.273. The Morgan fingerprint density at radius 3 is 2.68 bits per heavy atom. The van der Waals surface area contributed by atoms with Crippen LogP contribution in [-0.2, 0) is 9.53 Å². The van der Waals surface area contributed by atoms with E-state index in [-0.39, 0.29) is 11.5 Å². The van der Waals surface area contributed by atoms with Crippen LogP contribution in [0.3, 0.4) is 0 Å². The lowest BCUT2D eigenvalue weighted by atomic mass is 9.88. The normalized spacial score (nSPS) is 18.6. The van der Waals surface area contributed by atoms with Crippen molar-refractivity contribution in [2.75, 3.05) is 12.4 Å². The first-order valence-electron chi connectivity index (χ1n) is 8.40. The Kier molecular flexibility index (Phi) is 6.11. The summed E-state index contributed by atoms with van der Waals surface area (Å²) in [6, 6.07) is 13.9. The summed E-state index contributed by atoms with van der Waals surface area (Å²) in [5.74, 6) is -1.51. The molecule has 1 saturated heterocycles. The number of methoxy groups -OCH3 is 1. The van der Waals surface area contributed by atoms with Crippen molar-refractivity contribution in [3.63, 3.8) is 0 Å². The zero-order valence-electron chi connectivity index (χ0n) is 15.0. The lowest BCUT2D eigenvalue weighted by Crippen LogP contribution is -2.51. The molecule has 1 heterocycles. The number of anilines is 1. The number of rotatable bonds is 4. The van der Waals surface area contributed by atoms with E-state index in [1.807, 2.05) is 24.3 Å². The average molecular weight is 460 g/mol. The summed E-state index contributed by atoms with van der Waals surface area (Å²) in [7, 11) is 1.29. The van der Waals surface area contributed by atoms with Gasteiger partial charge in [-0.05, 0) is 42.0 Å². The monoisotopic (exact) mass is 459 g/mol. The molecule has 0 radical (unpaired) electrons. The highest BCUT2D eigenvalue weighted by Crippen LogP contribution is 2.32. The van der Waals surface area contributed by atoms with E-state index in [9.17, 15) is 9.59 Å². The van der Waals surface area contributed by atoms with Crippen LogP contribution in [0.25, 0.3) is 0 Å². The van der Waals surface area contributed by atoms with Crippen molar-refractivity contribution in [3.05, 3.63) is 76.4 Å². The lowest BCUT2D eigenvalue weighted by molar-refractivity contribution is -0.119. The summed E-state index contributed by atoms with van der Waals surface area (Å²) in [6.07, 6.45) is 0. The number of amides is 1. The molecular formula is C20H18BrN3O3S. The second-order valence-electron chi connectivity index (χ2n) is 6.16. The maximum atomic E-state index is 13.2. The molecule has 3 N–H and O–H groups in total. The summed E-state index contributed by atoms with van der Waals surface area (Å²) in [6.45, 7) is 3.98. The number of halogens is 1. The van der Waals surface area contributed by atoms with Gasteiger partial charge in [0.15, 0.2) is 5.11 Å². The first-order valence-corrected chi connectivity index (χ1v) is 9.61. The minimum atomic E-state index is -0.660. The summed E-state index contributed by atoms with van der Waals surface area (Å²) in [4.78, 5) is 25.1. The SMILES string of the molecule is C=C1NC(=S)N[C@H](c2cccc(Br)c2)[C@H]1C(=O)Nc1ccccc1C(=O)OC. The molecular weight excluding hydrogens is 442 g/mol. The zero-order valence-corrected chi connectivity index (χ0v) is 17.4. The number of hydrogen-bond acceptors (Lipinski definition) is 4. The van der Waals surface area contributed by atoms with Crippen LogP contribution in [0.1, 0.15) is 22.0 Å². The van der Waals surface area contributed by atoms with Gasteiger partial charge in [0, 0.05) is 10.2 Å². The molecule has 1 aliphatic heterocycles. The van der Waals surface area contributed by atoms with Crippen LogP contribution in [0.4, 0.5) is 5.69 Å². The van der Waals surface area contributed by atoms with Crippen molar-refractivity contribution in [3.8, 4) is 0 Å². The third kappa shape index (κ3) is 4.23. The van der Waals surface area contributed by atoms with Gasteiger partial charge in [-0.2, -0.15) is 0 Å². The topological polar surface area (TPSA) is 79.5 Å². The molecule has 1 fully saturated rings. The second kappa shape index (κ2) is 8.53. The van der Waals surface area contributed by atoms with Crippen molar-refractivity contribution in [1.82, 2.24) is 10.6 Å². The predicted molar refractivity (Wildman–Crippen MR) is 115 cm³/mol. The maximum Gasteiger partial charge on any atom is 0.339 e. The number of carbonyl (C=O) groups is 2.